The maximum atomic E-state index is 12.2. The Bertz CT molecular complexity index is 459. The highest BCUT2D eigenvalue weighted by atomic mass is 19.4. The molecule has 0 aliphatic heterocycles. The molecule has 0 bridgehead atoms. The van der Waals surface area contributed by atoms with Gasteiger partial charge in [-0.05, 0) is 42.9 Å². The minimum Gasteiger partial charge on any atom is -0.406 e. The van der Waals surface area contributed by atoms with Crippen LogP contribution in [0.15, 0.2) is 24.3 Å². The Hall–Kier alpha value is -1.23. The van der Waals surface area contributed by atoms with Crippen molar-refractivity contribution in [2.45, 2.75) is 51.0 Å². The number of hydrogen-bond acceptors (Lipinski definition) is 2. The molecule has 1 saturated carbocycles. The molecule has 2 atom stereocenters. The summed E-state index contributed by atoms with van der Waals surface area (Å²) >= 11 is 0. The van der Waals surface area contributed by atoms with Crippen molar-refractivity contribution in [1.82, 2.24) is 0 Å². The van der Waals surface area contributed by atoms with Crippen molar-refractivity contribution in [3.63, 3.8) is 0 Å². The minimum absolute atomic E-state index is 0.276. The first-order chi connectivity index (χ1) is 9.32. The lowest BCUT2D eigenvalue weighted by Crippen LogP contribution is -2.32. The second-order valence-corrected chi connectivity index (χ2v) is 5.48. The third kappa shape index (κ3) is 3.66. The van der Waals surface area contributed by atoms with Crippen LogP contribution in [-0.2, 0) is 5.60 Å². The first-order valence-corrected chi connectivity index (χ1v) is 6.91. The van der Waals surface area contributed by atoms with Crippen LogP contribution in [0.3, 0.4) is 0 Å². The highest BCUT2D eigenvalue weighted by molar-refractivity contribution is 5.33. The summed E-state index contributed by atoms with van der Waals surface area (Å²) in [6.07, 6.45) is -0.602. The van der Waals surface area contributed by atoms with E-state index in [9.17, 15) is 18.3 Å². The number of aliphatic hydroxyl groups is 1. The topological polar surface area (TPSA) is 29.5 Å². The highest BCUT2D eigenvalue weighted by Gasteiger charge is 2.36. The van der Waals surface area contributed by atoms with Gasteiger partial charge in [0.25, 0.3) is 0 Å². The molecule has 0 spiro atoms. The summed E-state index contributed by atoms with van der Waals surface area (Å²) in [4.78, 5) is 0. The van der Waals surface area contributed by atoms with E-state index in [0.29, 0.717) is 24.3 Å². The van der Waals surface area contributed by atoms with E-state index in [1.54, 1.807) is 6.07 Å². The van der Waals surface area contributed by atoms with E-state index in [1.807, 2.05) is 0 Å². The molecular weight excluding hydrogens is 269 g/mol. The largest absolute Gasteiger partial charge is 0.573 e. The zero-order chi connectivity index (χ0) is 14.8. The maximum Gasteiger partial charge on any atom is 0.573 e. The average molecular weight is 288 g/mol. The van der Waals surface area contributed by atoms with Gasteiger partial charge in [0.2, 0.25) is 0 Å². The van der Waals surface area contributed by atoms with Gasteiger partial charge in [-0.25, -0.2) is 0 Å². The van der Waals surface area contributed by atoms with Crippen molar-refractivity contribution in [2.24, 2.45) is 5.92 Å². The zero-order valence-electron chi connectivity index (χ0n) is 11.4. The van der Waals surface area contributed by atoms with Crippen molar-refractivity contribution in [1.29, 1.82) is 0 Å². The lowest BCUT2D eigenvalue weighted by molar-refractivity contribution is -0.274. The Morgan fingerprint density at radius 1 is 1.40 bits per heavy atom. The Labute approximate surface area is 116 Å². The van der Waals surface area contributed by atoms with Crippen LogP contribution >= 0.6 is 0 Å². The van der Waals surface area contributed by atoms with Gasteiger partial charge in [-0.2, -0.15) is 0 Å². The minimum atomic E-state index is -4.71. The van der Waals surface area contributed by atoms with Gasteiger partial charge in [-0.15, -0.1) is 13.2 Å². The summed E-state index contributed by atoms with van der Waals surface area (Å²) in [6, 6.07) is 5.71. The number of ether oxygens (including phenoxy) is 1. The fraction of sp³-hybridized carbons (Fsp3) is 0.600. The summed E-state index contributed by atoms with van der Waals surface area (Å²) in [5.41, 5.74) is -0.526. The first-order valence-electron chi connectivity index (χ1n) is 6.91. The number of rotatable bonds is 3. The fourth-order valence-electron chi connectivity index (χ4n) is 2.96. The van der Waals surface area contributed by atoms with E-state index in [1.165, 1.54) is 18.2 Å². The molecule has 2 unspecified atom stereocenters. The molecule has 0 radical (unpaired) electrons. The van der Waals surface area contributed by atoms with Crippen molar-refractivity contribution in [2.75, 3.05) is 0 Å². The second kappa shape index (κ2) is 5.64. The molecule has 1 aliphatic rings. The van der Waals surface area contributed by atoms with Crippen LogP contribution in [0.4, 0.5) is 13.2 Å². The first kappa shape index (κ1) is 15.2. The maximum absolute atomic E-state index is 12.2. The van der Waals surface area contributed by atoms with Gasteiger partial charge in [0.1, 0.15) is 5.75 Å². The molecule has 1 N–H and O–H groups in total. The van der Waals surface area contributed by atoms with Crippen molar-refractivity contribution in [3.8, 4) is 5.75 Å². The third-order valence-corrected chi connectivity index (χ3v) is 4.01. The van der Waals surface area contributed by atoms with E-state index < -0.39 is 12.0 Å². The SMILES string of the molecule is CCC1CCCC(O)(c2cccc(OC(F)(F)F)c2)C1. The van der Waals surface area contributed by atoms with Gasteiger partial charge in [0.15, 0.2) is 0 Å². The van der Waals surface area contributed by atoms with Crippen LogP contribution in [0, 0.1) is 5.92 Å². The average Bonchev–Trinajstić information content (AvgIpc) is 2.37. The van der Waals surface area contributed by atoms with Crippen LogP contribution in [0.5, 0.6) is 5.75 Å². The van der Waals surface area contributed by atoms with Gasteiger partial charge in [0.05, 0.1) is 5.60 Å². The van der Waals surface area contributed by atoms with Gasteiger partial charge in [-0.1, -0.05) is 31.9 Å². The van der Waals surface area contributed by atoms with Crippen LogP contribution < -0.4 is 4.74 Å². The Morgan fingerprint density at radius 3 is 2.80 bits per heavy atom. The lowest BCUT2D eigenvalue weighted by Gasteiger charge is -2.37. The van der Waals surface area contributed by atoms with Crippen LogP contribution in [0.25, 0.3) is 0 Å². The molecule has 0 saturated heterocycles. The molecule has 1 aromatic rings. The van der Waals surface area contributed by atoms with Gasteiger partial charge in [0, 0.05) is 0 Å². The fourth-order valence-corrected chi connectivity index (χ4v) is 2.96. The molecule has 0 aromatic heterocycles. The van der Waals surface area contributed by atoms with Gasteiger partial charge in [-0.3, -0.25) is 0 Å². The Kier molecular flexibility index (Phi) is 4.28. The summed E-state index contributed by atoms with van der Waals surface area (Å²) in [7, 11) is 0. The zero-order valence-corrected chi connectivity index (χ0v) is 11.4. The smallest absolute Gasteiger partial charge is 0.406 e. The molecule has 20 heavy (non-hydrogen) atoms. The quantitative estimate of drug-likeness (QED) is 0.894. The van der Waals surface area contributed by atoms with Crippen LogP contribution in [0.1, 0.15) is 44.6 Å². The van der Waals surface area contributed by atoms with E-state index in [4.69, 9.17) is 0 Å². The number of halogens is 3. The summed E-state index contributed by atoms with van der Waals surface area (Å²) in [5.74, 6) is 0.142. The molecule has 1 aliphatic carbocycles. The molecule has 1 aromatic carbocycles. The van der Waals surface area contributed by atoms with Crippen LogP contribution in [-0.4, -0.2) is 11.5 Å². The van der Waals surface area contributed by atoms with E-state index in [0.717, 1.165) is 19.3 Å². The summed E-state index contributed by atoms with van der Waals surface area (Å²) in [5, 5.41) is 10.7. The molecule has 1 fully saturated rings. The summed E-state index contributed by atoms with van der Waals surface area (Å²) < 4.78 is 40.6. The van der Waals surface area contributed by atoms with Crippen LogP contribution in [0.2, 0.25) is 0 Å². The molecular formula is C15H19F3O2. The molecule has 0 amide bonds. The van der Waals surface area contributed by atoms with Crippen molar-refractivity contribution < 1.29 is 23.0 Å². The third-order valence-electron chi connectivity index (χ3n) is 4.01. The van der Waals surface area contributed by atoms with Crippen molar-refractivity contribution in [3.05, 3.63) is 29.8 Å². The van der Waals surface area contributed by atoms with E-state index in [2.05, 4.69) is 11.7 Å². The molecule has 112 valence electrons. The Morgan fingerprint density at radius 2 is 2.15 bits per heavy atom. The molecule has 0 heterocycles. The number of benzene rings is 1. The lowest BCUT2D eigenvalue weighted by atomic mass is 9.73. The van der Waals surface area contributed by atoms with Gasteiger partial charge >= 0.3 is 6.36 Å². The van der Waals surface area contributed by atoms with E-state index >= 15 is 0 Å². The van der Waals surface area contributed by atoms with E-state index in [-0.39, 0.29) is 5.75 Å². The normalized spacial score (nSPS) is 27.4. The molecule has 5 heteroatoms. The molecule has 2 rings (SSSR count). The van der Waals surface area contributed by atoms with Gasteiger partial charge < -0.3 is 9.84 Å². The standard InChI is InChI=1S/C15H19F3O2/c1-2-11-5-4-8-14(19,10-11)12-6-3-7-13(9-12)20-15(16,17)18/h3,6-7,9,11,19H,2,4-5,8,10H2,1H3. The summed E-state index contributed by atoms with van der Waals surface area (Å²) in [6.45, 7) is 2.07. The Balaban J connectivity index is 2.21. The van der Waals surface area contributed by atoms with Crippen molar-refractivity contribution >= 4 is 0 Å². The predicted octanol–water partition coefficient (Wildman–Crippen LogP) is 4.37. The molecule has 2 nitrogen and oxygen atoms in total. The monoisotopic (exact) mass is 288 g/mol. The predicted molar refractivity (Wildman–Crippen MR) is 69.3 cm³/mol. The second-order valence-electron chi connectivity index (χ2n) is 5.48. The number of alkyl halides is 3. The number of hydrogen-bond donors (Lipinski definition) is 1. The highest BCUT2D eigenvalue weighted by Crippen LogP contribution is 2.42.